The number of carboxylic acid groups (broad SMARTS) is 1. The summed E-state index contributed by atoms with van der Waals surface area (Å²) in [5.74, 6) is -1.70. The highest BCUT2D eigenvalue weighted by atomic mass is 19.1. The number of anilines is 1. The number of hydrogen-bond acceptors (Lipinski definition) is 2. The fourth-order valence-corrected chi connectivity index (χ4v) is 2.57. The van der Waals surface area contributed by atoms with E-state index in [0.717, 1.165) is 0 Å². The van der Waals surface area contributed by atoms with Crippen molar-refractivity contribution in [2.45, 2.75) is 38.5 Å². The van der Waals surface area contributed by atoms with Gasteiger partial charge in [-0.25, -0.2) is 4.39 Å². The van der Waals surface area contributed by atoms with Crippen molar-refractivity contribution in [1.29, 1.82) is 0 Å². The van der Waals surface area contributed by atoms with Crippen LogP contribution in [0.5, 0.6) is 0 Å². The first kappa shape index (κ1) is 18.6. The van der Waals surface area contributed by atoms with Crippen molar-refractivity contribution in [3.63, 3.8) is 0 Å². The van der Waals surface area contributed by atoms with E-state index in [-0.39, 0.29) is 24.1 Å². The molecule has 0 aliphatic carbocycles. The minimum absolute atomic E-state index is 0.156. The van der Waals surface area contributed by atoms with Crippen molar-refractivity contribution in [3.8, 4) is 0 Å². The molecular formula is C20H22FNO3. The average Bonchev–Trinajstić information content (AvgIpc) is 2.55. The zero-order valence-corrected chi connectivity index (χ0v) is 14.5. The molecule has 2 N–H and O–H groups in total. The van der Waals surface area contributed by atoms with Crippen molar-refractivity contribution < 1.29 is 19.1 Å². The first-order valence-electron chi connectivity index (χ1n) is 8.10. The maximum Gasteiger partial charge on any atom is 0.313 e. The van der Waals surface area contributed by atoms with Gasteiger partial charge in [0, 0.05) is 12.1 Å². The lowest BCUT2D eigenvalue weighted by Crippen LogP contribution is -2.28. The van der Waals surface area contributed by atoms with Crippen molar-refractivity contribution >= 4 is 17.6 Å². The zero-order valence-electron chi connectivity index (χ0n) is 14.5. The number of carboxylic acids is 1. The third-order valence-electron chi connectivity index (χ3n) is 4.35. The summed E-state index contributed by atoms with van der Waals surface area (Å²) in [5, 5.41) is 12.0. The van der Waals surface area contributed by atoms with Gasteiger partial charge in [-0.15, -0.1) is 0 Å². The Morgan fingerprint density at radius 3 is 2.28 bits per heavy atom. The average molecular weight is 343 g/mol. The highest BCUT2D eigenvalue weighted by molar-refractivity contribution is 5.91. The summed E-state index contributed by atoms with van der Waals surface area (Å²) in [7, 11) is 0. The van der Waals surface area contributed by atoms with Crippen LogP contribution in [0.25, 0.3) is 0 Å². The Morgan fingerprint density at radius 1 is 1.12 bits per heavy atom. The van der Waals surface area contributed by atoms with Crippen LogP contribution in [-0.4, -0.2) is 17.0 Å². The molecule has 1 unspecified atom stereocenters. The van der Waals surface area contributed by atoms with E-state index in [1.54, 1.807) is 63.2 Å². The summed E-state index contributed by atoms with van der Waals surface area (Å²) in [4.78, 5) is 23.4. The number of benzene rings is 2. The molecule has 0 saturated carbocycles. The Bertz CT molecular complexity index is 769. The minimum Gasteiger partial charge on any atom is -0.481 e. The van der Waals surface area contributed by atoms with Crippen molar-refractivity contribution in [2.75, 3.05) is 5.32 Å². The maximum atomic E-state index is 13.8. The molecule has 0 heterocycles. The Balaban J connectivity index is 2.01. The molecule has 25 heavy (non-hydrogen) atoms. The van der Waals surface area contributed by atoms with Gasteiger partial charge in [-0.05, 0) is 49.1 Å². The van der Waals surface area contributed by atoms with Gasteiger partial charge in [0.05, 0.1) is 5.41 Å². The Labute approximate surface area is 146 Å². The molecule has 0 aliphatic heterocycles. The van der Waals surface area contributed by atoms with Crippen molar-refractivity contribution in [3.05, 3.63) is 65.5 Å². The molecule has 1 atom stereocenters. The quantitative estimate of drug-likeness (QED) is 0.821. The molecule has 132 valence electrons. The van der Waals surface area contributed by atoms with Crippen molar-refractivity contribution in [2.24, 2.45) is 0 Å². The molecule has 0 saturated heterocycles. The van der Waals surface area contributed by atoms with Gasteiger partial charge in [0.1, 0.15) is 5.82 Å². The molecule has 5 heteroatoms. The maximum absolute atomic E-state index is 13.8. The summed E-state index contributed by atoms with van der Waals surface area (Å²) in [5.41, 5.74) is 0.742. The third kappa shape index (κ3) is 4.44. The smallest absolute Gasteiger partial charge is 0.313 e. The molecule has 2 rings (SSSR count). The van der Waals surface area contributed by atoms with E-state index >= 15 is 0 Å². The number of rotatable bonds is 6. The van der Waals surface area contributed by atoms with E-state index in [2.05, 4.69) is 5.32 Å². The predicted octanol–water partition coefficient (Wildman–Crippen LogP) is 4.32. The van der Waals surface area contributed by atoms with Gasteiger partial charge in [0.2, 0.25) is 5.91 Å². The first-order chi connectivity index (χ1) is 11.7. The lowest BCUT2D eigenvalue weighted by Gasteiger charge is -2.20. The van der Waals surface area contributed by atoms with Crippen LogP contribution in [0.1, 0.15) is 44.2 Å². The summed E-state index contributed by atoms with van der Waals surface area (Å²) in [6, 6.07) is 13.1. The molecule has 2 aromatic rings. The van der Waals surface area contributed by atoms with Crippen LogP contribution in [0.4, 0.5) is 10.1 Å². The Kier molecular flexibility index (Phi) is 5.57. The predicted molar refractivity (Wildman–Crippen MR) is 95.2 cm³/mol. The van der Waals surface area contributed by atoms with Crippen molar-refractivity contribution in [1.82, 2.24) is 0 Å². The molecule has 0 aliphatic rings. The zero-order chi connectivity index (χ0) is 18.6. The van der Waals surface area contributed by atoms with Gasteiger partial charge >= 0.3 is 5.97 Å². The summed E-state index contributed by atoms with van der Waals surface area (Å²) >= 11 is 0. The molecule has 0 fully saturated rings. The van der Waals surface area contributed by atoms with Gasteiger partial charge in [0.15, 0.2) is 0 Å². The van der Waals surface area contributed by atoms with E-state index in [9.17, 15) is 19.1 Å². The largest absolute Gasteiger partial charge is 0.481 e. The lowest BCUT2D eigenvalue weighted by atomic mass is 9.85. The summed E-state index contributed by atoms with van der Waals surface area (Å²) < 4.78 is 13.8. The van der Waals surface area contributed by atoms with Gasteiger partial charge in [-0.3, -0.25) is 9.59 Å². The number of carbonyl (C=O) groups is 2. The Hall–Kier alpha value is -2.69. The monoisotopic (exact) mass is 343 g/mol. The number of aliphatic carboxylic acids is 1. The van der Waals surface area contributed by atoms with Gasteiger partial charge in [-0.2, -0.15) is 0 Å². The molecule has 1 amide bonds. The molecule has 2 aromatic carbocycles. The standard InChI is InChI=1S/C20H22FNO3/c1-13(16-6-4-5-7-17(16)21)12-18(23)22-15-10-8-14(9-11-15)20(2,3)19(24)25/h4-11,13H,12H2,1-3H3,(H,22,23)(H,24,25). The SMILES string of the molecule is CC(CC(=O)Nc1ccc(C(C)(C)C(=O)O)cc1)c1ccccc1F. The minimum atomic E-state index is -0.998. The normalized spacial score (nSPS) is 12.5. The molecule has 0 bridgehead atoms. The number of hydrogen-bond donors (Lipinski definition) is 2. The van der Waals surface area contributed by atoms with Crippen LogP contribution >= 0.6 is 0 Å². The van der Waals surface area contributed by atoms with Crippen LogP contribution in [0.3, 0.4) is 0 Å². The number of nitrogens with one attached hydrogen (secondary N) is 1. The van der Waals surface area contributed by atoms with E-state index in [1.807, 2.05) is 0 Å². The molecule has 0 radical (unpaired) electrons. The number of halogens is 1. The second kappa shape index (κ2) is 7.47. The lowest BCUT2D eigenvalue weighted by molar-refractivity contribution is -0.142. The van der Waals surface area contributed by atoms with Gasteiger partial charge < -0.3 is 10.4 Å². The fourth-order valence-electron chi connectivity index (χ4n) is 2.57. The summed E-state index contributed by atoms with van der Waals surface area (Å²) in [6.45, 7) is 5.05. The fraction of sp³-hybridized carbons (Fsp3) is 0.300. The molecule has 0 aromatic heterocycles. The van der Waals surface area contributed by atoms with Gasteiger partial charge in [-0.1, -0.05) is 37.3 Å². The first-order valence-corrected chi connectivity index (χ1v) is 8.10. The van der Waals surface area contributed by atoms with Crippen LogP contribution < -0.4 is 5.32 Å². The van der Waals surface area contributed by atoms with Crippen LogP contribution in [-0.2, 0) is 15.0 Å². The summed E-state index contributed by atoms with van der Waals surface area (Å²) in [6.07, 6.45) is 0.156. The van der Waals surface area contributed by atoms with Gasteiger partial charge in [0.25, 0.3) is 0 Å². The molecule has 0 spiro atoms. The highest BCUT2D eigenvalue weighted by Crippen LogP contribution is 2.26. The van der Waals surface area contributed by atoms with E-state index < -0.39 is 11.4 Å². The Morgan fingerprint density at radius 2 is 1.72 bits per heavy atom. The van der Waals surface area contributed by atoms with Crippen LogP contribution in [0, 0.1) is 5.82 Å². The number of carbonyl (C=O) groups excluding carboxylic acids is 1. The molecule has 4 nitrogen and oxygen atoms in total. The number of amides is 1. The third-order valence-corrected chi connectivity index (χ3v) is 4.35. The second-order valence-corrected chi connectivity index (χ2v) is 6.68. The second-order valence-electron chi connectivity index (χ2n) is 6.68. The topological polar surface area (TPSA) is 66.4 Å². The molecular weight excluding hydrogens is 321 g/mol. The van der Waals surface area contributed by atoms with E-state index in [0.29, 0.717) is 16.8 Å². The van der Waals surface area contributed by atoms with Crippen LogP contribution in [0.15, 0.2) is 48.5 Å². The highest BCUT2D eigenvalue weighted by Gasteiger charge is 2.29. The van der Waals surface area contributed by atoms with E-state index in [4.69, 9.17) is 0 Å². The van der Waals surface area contributed by atoms with E-state index in [1.165, 1.54) is 6.07 Å². The van der Waals surface area contributed by atoms with Crippen LogP contribution in [0.2, 0.25) is 0 Å².